The molecular formula is C18H11F3N4O2. The Morgan fingerprint density at radius 2 is 1.74 bits per heavy atom. The van der Waals surface area contributed by atoms with Gasteiger partial charge in [-0.15, -0.1) is 10.2 Å². The van der Waals surface area contributed by atoms with Gasteiger partial charge in [0.25, 0.3) is 0 Å². The normalized spacial score (nSPS) is 11.7. The minimum atomic E-state index is -4.70. The average Bonchev–Trinajstić information content (AvgIpc) is 3.16. The molecular weight excluding hydrogens is 361 g/mol. The van der Waals surface area contributed by atoms with Crippen molar-refractivity contribution in [3.05, 3.63) is 54.4 Å². The molecule has 4 aromatic rings. The van der Waals surface area contributed by atoms with E-state index in [1.807, 2.05) is 0 Å². The van der Waals surface area contributed by atoms with Crippen LogP contribution in [-0.2, 0) is 6.18 Å². The molecule has 27 heavy (non-hydrogen) atoms. The van der Waals surface area contributed by atoms with E-state index in [9.17, 15) is 13.2 Å². The van der Waals surface area contributed by atoms with Gasteiger partial charge in [0, 0.05) is 17.1 Å². The lowest BCUT2D eigenvalue weighted by molar-refractivity contribution is -0.140. The number of rotatable bonds is 3. The fraction of sp³-hybridized carbons (Fsp3) is 0.111. The number of halogens is 3. The number of nitrogens with zero attached hydrogens (tertiary/aromatic N) is 4. The van der Waals surface area contributed by atoms with Gasteiger partial charge in [-0.25, -0.2) is 9.97 Å². The first kappa shape index (κ1) is 17.0. The van der Waals surface area contributed by atoms with Gasteiger partial charge in [0.05, 0.1) is 12.7 Å². The van der Waals surface area contributed by atoms with Crippen LogP contribution in [0.1, 0.15) is 5.69 Å². The Balaban J connectivity index is 1.83. The van der Waals surface area contributed by atoms with Crippen LogP contribution in [0.3, 0.4) is 0 Å². The number of benzene rings is 1. The number of ether oxygens (including phenoxy) is 1. The van der Waals surface area contributed by atoms with Crippen LogP contribution in [0, 0.1) is 0 Å². The summed E-state index contributed by atoms with van der Waals surface area (Å²) >= 11 is 0. The summed E-state index contributed by atoms with van der Waals surface area (Å²) in [4.78, 5) is 7.52. The standard InChI is InChI=1S/C18H11F3N4O2/c1-26-12-6-4-10(5-7-12)16-24-25-17(27-16)13-9-11-3-2-8-22-15(11)23-14(13)18(19,20)21/h2-9H,1H3. The van der Waals surface area contributed by atoms with E-state index >= 15 is 0 Å². The largest absolute Gasteiger partial charge is 0.497 e. The van der Waals surface area contributed by atoms with Crippen LogP contribution in [0.2, 0.25) is 0 Å². The molecule has 0 bridgehead atoms. The second-order valence-corrected chi connectivity index (χ2v) is 5.57. The highest BCUT2D eigenvalue weighted by atomic mass is 19.4. The van der Waals surface area contributed by atoms with Crippen molar-refractivity contribution in [1.82, 2.24) is 20.2 Å². The lowest BCUT2D eigenvalue weighted by Gasteiger charge is -2.10. The highest BCUT2D eigenvalue weighted by Crippen LogP contribution is 2.37. The third-order valence-electron chi connectivity index (χ3n) is 3.85. The lowest BCUT2D eigenvalue weighted by Crippen LogP contribution is -2.11. The van der Waals surface area contributed by atoms with Crippen molar-refractivity contribution in [2.45, 2.75) is 6.18 Å². The zero-order valence-corrected chi connectivity index (χ0v) is 13.9. The van der Waals surface area contributed by atoms with Gasteiger partial charge in [-0.1, -0.05) is 0 Å². The second kappa shape index (κ2) is 6.35. The van der Waals surface area contributed by atoms with Gasteiger partial charge >= 0.3 is 6.18 Å². The van der Waals surface area contributed by atoms with Crippen molar-refractivity contribution in [3.63, 3.8) is 0 Å². The second-order valence-electron chi connectivity index (χ2n) is 5.57. The van der Waals surface area contributed by atoms with E-state index in [-0.39, 0.29) is 23.0 Å². The number of aromatic nitrogens is 4. The average molecular weight is 372 g/mol. The van der Waals surface area contributed by atoms with E-state index in [2.05, 4.69) is 20.2 Å². The van der Waals surface area contributed by atoms with Crippen molar-refractivity contribution in [2.24, 2.45) is 0 Å². The number of pyridine rings is 2. The molecule has 3 aromatic heterocycles. The molecule has 0 saturated carbocycles. The molecule has 0 fully saturated rings. The van der Waals surface area contributed by atoms with Gasteiger partial charge in [0.2, 0.25) is 11.8 Å². The number of fused-ring (bicyclic) bond motifs is 1. The molecule has 9 heteroatoms. The van der Waals surface area contributed by atoms with Crippen LogP contribution in [0.4, 0.5) is 13.2 Å². The molecule has 6 nitrogen and oxygen atoms in total. The smallest absolute Gasteiger partial charge is 0.434 e. The molecule has 0 atom stereocenters. The third-order valence-corrected chi connectivity index (χ3v) is 3.85. The Hall–Kier alpha value is -3.49. The predicted octanol–water partition coefficient (Wildman–Crippen LogP) is 4.37. The summed E-state index contributed by atoms with van der Waals surface area (Å²) in [5.41, 5.74) is -0.879. The fourth-order valence-electron chi connectivity index (χ4n) is 2.57. The summed E-state index contributed by atoms with van der Waals surface area (Å²) in [7, 11) is 1.53. The SMILES string of the molecule is COc1ccc(-c2nnc(-c3cc4cccnc4nc3C(F)(F)F)o2)cc1. The van der Waals surface area contributed by atoms with Crippen molar-refractivity contribution >= 4 is 11.0 Å². The van der Waals surface area contributed by atoms with Crippen molar-refractivity contribution < 1.29 is 22.3 Å². The Bertz CT molecular complexity index is 1110. The van der Waals surface area contributed by atoms with Crippen LogP contribution >= 0.6 is 0 Å². The van der Waals surface area contributed by atoms with E-state index in [0.29, 0.717) is 16.7 Å². The predicted molar refractivity (Wildman–Crippen MR) is 89.8 cm³/mol. The molecule has 4 rings (SSSR count). The molecule has 0 aliphatic heterocycles. The Kier molecular flexibility index (Phi) is 3.98. The molecule has 3 heterocycles. The number of hydrogen-bond donors (Lipinski definition) is 0. The Morgan fingerprint density at radius 1 is 1.00 bits per heavy atom. The quantitative estimate of drug-likeness (QED) is 0.532. The Labute approximate surface area is 150 Å². The zero-order valence-electron chi connectivity index (χ0n) is 13.9. The maximum atomic E-state index is 13.5. The Morgan fingerprint density at radius 3 is 2.44 bits per heavy atom. The van der Waals surface area contributed by atoms with Crippen LogP contribution in [0.25, 0.3) is 33.9 Å². The fourth-order valence-corrected chi connectivity index (χ4v) is 2.57. The molecule has 0 amide bonds. The van der Waals surface area contributed by atoms with Crippen molar-refractivity contribution in [1.29, 1.82) is 0 Å². The summed E-state index contributed by atoms with van der Waals surface area (Å²) < 4.78 is 51.0. The molecule has 0 N–H and O–H groups in total. The van der Waals surface area contributed by atoms with E-state index in [1.54, 1.807) is 36.4 Å². The zero-order chi connectivity index (χ0) is 19.0. The molecule has 0 aliphatic rings. The minimum absolute atomic E-state index is 0.0107. The molecule has 1 aromatic carbocycles. The van der Waals surface area contributed by atoms with Gasteiger partial charge in [-0.3, -0.25) is 0 Å². The topological polar surface area (TPSA) is 73.9 Å². The number of alkyl halides is 3. The van der Waals surface area contributed by atoms with Crippen LogP contribution in [-0.4, -0.2) is 27.3 Å². The monoisotopic (exact) mass is 372 g/mol. The van der Waals surface area contributed by atoms with E-state index in [4.69, 9.17) is 9.15 Å². The molecule has 0 unspecified atom stereocenters. The van der Waals surface area contributed by atoms with Crippen molar-refractivity contribution in [2.75, 3.05) is 7.11 Å². The maximum absolute atomic E-state index is 13.5. The minimum Gasteiger partial charge on any atom is -0.497 e. The summed E-state index contributed by atoms with van der Waals surface area (Å²) in [5, 5.41) is 8.07. The van der Waals surface area contributed by atoms with Gasteiger partial charge < -0.3 is 9.15 Å². The van der Waals surface area contributed by atoms with E-state index < -0.39 is 11.9 Å². The van der Waals surface area contributed by atoms with Gasteiger partial charge in [0.15, 0.2) is 11.3 Å². The van der Waals surface area contributed by atoms with E-state index in [0.717, 1.165) is 0 Å². The highest BCUT2D eigenvalue weighted by Gasteiger charge is 2.37. The maximum Gasteiger partial charge on any atom is 0.434 e. The van der Waals surface area contributed by atoms with Gasteiger partial charge in [-0.05, 0) is 42.5 Å². The van der Waals surface area contributed by atoms with Gasteiger partial charge in [-0.2, -0.15) is 13.2 Å². The highest BCUT2D eigenvalue weighted by molar-refractivity contribution is 5.80. The molecule has 0 saturated heterocycles. The van der Waals surface area contributed by atoms with Crippen molar-refractivity contribution in [3.8, 4) is 28.7 Å². The summed E-state index contributed by atoms with van der Waals surface area (Å²) in [6.07, 6.45) is -3.32. The first-order valence-corrected chi connectivity index (χ1v) is 7.77. The third kappa shape index (κ3) is 3.19. The lowest BCUT2D eigenvalue weighted by atomic mass is 10.1. The molecule has 0 aliphatic carbocycles. The van der Waals surface area contributed by atoms with Crippen LogP contribution < -0.4 is 4.74 Å². The number of hydrogen-bond acceptors (Lipinski definition) is 6. The summed E-state index contributed by atoms with van der Waals surface area (Å²) in [6, 6.07) is 11.2. The van der Waals surface area contributed by atoms with E-state index in [1.165, 1.54) is 19.4 Å². The first-order valence-electron chi connectivity index (χ1n) is 7.77. The van der Waals surface area contributed by atoms with Gasteiger partial charge in [0.1, 0.15) is 5.75 Å². The first-order chi connectivity index (χ1) is 13.0. The summed E-state index contributed by atoms with van der Waals surface area (Å²) in [5.74, 6) is 0.447. The van der Waals surface area contributed by atoms with Crippen LogP contribution in [0.15, 0.2) is 53.1 Å². The molecule has 0 spiro atoms. The number of methoxy groups -OCH3 is 1. The summed E-state index contributed by atoms with van der Waals surface area (Å²) in [6.45, 7) is 0. The van der Waals surface area contributed by atoms with Crippen LogP contribution in [0.5, 0.6) is 5.75 Å². The molecule has 136 valence electrons. The molecule has 0 radical (unpaired) electrons.